The number of nitrogens with one attached hydrogen (secondary N) is 1. The molecule has 1 aliphatic heterocycles. The fourth-order valence-electron chi connectivity index (χ4n) is 3.26. The van der Waals surface area contributed by atoms with E-state index in [1.807, 2.05) is 6.07 Å². The summed E-state index contributed by atoms with van der Waals surface area (Å²) >= 11 is 0. The predicted octanol–water partition coefficient (Wildman–Crippen LogP) is 1.79. The molecule has 1 aromatic carbocycles. The first-order chi connectivity index (χ1) is 13.5. The first kappa shape index (κ1) is 21.8. The number of nitrogens with zero attached hydrogens (tertiary/aromatic N) is 3. The van der Waals surface area contributed by atoms with Crippen LogP contribution in [0.5, 0.6) is 11.5 Å². The lowest BCUT2D eigenvalue weighted by Gasteiger charge is -2.20. The molecule has 1 heterocycles. The fourth-order valence-corrected chi connectivity index (χ4v) is 3.26. The van der Waals surface area contributed by atoms with Crippen LogP contribution in [0.3, 0.4) is 0 Å². The Kier molecular flexibility index (Phi) is 8.38. The highest BCUT2D eigenvalue weighted by molar-refractivity contribution is 5.96. The highest BCUT2D eigenvalue weighted by Crippen LogP contribution is 2.32. The molecule has 3 amide bonds. The molecule has 0 aliphatic carbocycles. The predicted molar refractivity (Wildman–Crippen MR) is 109 cm³/mol. The Morgan fingerprint density at radius 3 is 2.50 bits per heavy atom. The smallest absolute Gasteiger partial charge is 0.325 e. The van der Waals surface area contributed by atoms with E-state index in [1.54, 1.807) is 36.2 Å². The van der Waals surface area contributed by atoms with Crippen molar-refractivity contribution in [2.45, 2.75) is 20.3 Å². The van der Waals surface area contributed by atoms with Gasteiger partial charge < -0.3 is 24.6 Å². The van der Waals surface area contributed by atoms with E-state index in [2.05, 4.69) is 24.1 Å². The molecule has 0 aromatic heterocycles. The molecule has 2 rings (SSSR count). The Bertz CT molecular complexity index is 664. The maximum Gasteiger partial charge on any atom is 0.325 e. The van der Waals surface area contributed by atoms with E-state index >= 15 is 0 Å². The first-order valence-corrected chi connectivity index (χ1v) is 9.81. The minimum absolute atomic E-state index is 0.0773. The van der Waals surface area contributed by atoms with E-state index in [4.69, 9.17) is 9.47 Å². The number of methoxy groups -OCH3 is 2. The summed E-state index contributed by atoms with van der Waals surface area (Å²) in [7, 11) is 3.13. The lowest BCUT2D eigenvalue weighted by Crippen LogP contribution is -2.40. The van der Waals surface area contributed by atoms with Gasteiger partial charge >= 0.3 is 6.03 Å². The summed E-state index contributed by atoms with van der Waals surface area (Å²) < 4.78 is 10.5. The number of hydrogen-bond donors (Lipinski definition) is 1. The van der Waals surface area contributed by atoms with E-state index in [0.29, 0.717) is 31.1 Å². The highest BCUT2D eigenvalue weighted by atomic mass is 16.5. The Morgan fingerprint density at radius 1 is 1.14 bits per heavy atom. The number of carbonyl (C=O) groups is 2. The highest BCUT2D eigenvalue weighted by Gasteiger charge is 2.31. The van der Waals surface area contributed by atoms with Crippen LogP contribution in [0.2, 0.25) is 0 Å². The second kappa shape index (κ2) is 10.8. The zero-order valence-corrected chi connectivity index (χ0v) is 17.4. The monoisotopic (exact) mass is 392 g/mol. The number of rotatable bonds is 11. The second-order valence-corrected chi connectivity index (χ2v) is 6.63. The maximum absolute atomic E-state index is 12.7. The van der Waals surface area contributed by atoms with Gasteiger partial charge in [0.1, 0.15) is 6.54 Å². The van der Waals surface area contributed by atoms with Crippen molar-refractivity contribution in [2.75, 3.05) is 64.9 Å². The summed E-state index contributed by atoms with van der Waals surface area (Å²) in [6, 6.07) is 5.18. The molecular weight excluding hydrogens is 360 g/mol. The summed E-state index contributed by atoms with van der Waals surface area (Å²) in [6.07, 6.45) is 0.902. The van der Waals surface area contributed by atoms with Crippen LogP contribution < -0.4 is 19.7 Å². The molecule has 1 saturated heterocycles. The fraction of sp³-hybridized carbons (Fsp3) is 0.600. The van der Waals surface area contributed by atoms with Crippen LogP contribution in [0.15, 0.2) is 18.2 Å². The number of benzene rings is 1. The number of hydrogen-bond acceptors (Lipinski definition) is 5. The number of ether oxygens (including phenoxy) is 2. The average molecular weight is 393 g/mol. The molecule has 0 atom stereocenters. The van der Waals surface area contributed by atoms with Crippen molar-refractivity contribution in [3.63, 3.8) is 0 Å². The van der Waals surface area contributed by atoms with Crippen molar-refractivity contribution in [3.8, 4) is 11.5 Å². The van der Waals surface area contributed by atoms with Crippen molar-refractivity contribution >= 4 is 17.6 Å². The zero-order valence-electron chi connectivity index (χ0n) is 17.4. The molecule has 0 saturated carbocycles. The minimum atomic E-state index is -0.175. The lowest BCUT2D eigenvalue weighted by molar-refractivity contribution is -0.121. The summed E-state index contributed by atoms with van der Waals surface area (Å²) in [4.78, 5) is 30.4. The van der Waals surface area contributed by atoms with Gasteiger partial charge in [-0.3, -0.25) is 9.69 Å². The third-order valence-corrected chi connectivity index (χ3v) is 4.98. The van der Waals surface area contributed by atoms with Gasteiger partial charge in [0.25, 0.3) is 0 Å². The summed E-state index contributed by atoms with van der Waals surface area (Å²) in [5, 5.41) is 2.91. The largest absolute Gasteiger partial charge is 0.493 e. The molecular formula is C20H32N4O4. The Hall–Kier alpha value is -2.48. The standard InChI is InChI=1S/C20H32N4O4/c1-5-22(6-2)11-7-10-21-19(25)15-23-12-13-24(20(23)26)16-8-9-17(27-3)18(14-16)28-4/h8-9,14H,5-7,10-13,15H2,1-4H3,(H,21,25). The van der Waals surface area contributed by atoms with Crippen LogP contribution in [0, 0.1) is 0 Å². The molecule has 8 heteroatoms. The van der Waals surface area contributed by atoms with Gasteiger partial charge in [-0.1, -0.05) is 13.8 Å². The number of urea groups is 1. The van der Waals surface area contributed by atoms with Crippen LogP contribution in [-0.2, 0) is 4.79 Å². The van der Waals surface area contributed by atoms with Crippen LogP contribution >= 0.6 is 0 Å². The van der Waals surface area contributed by atoms with Crippen LogP contribution in [0.25, 0.3) is 0 Å². The van der Waals surface area contributed by atoms with Gasteiger partial charge in [-0.25, -0.2) is 4.79 Å². The van der Waals surface area contributed by atoms with Gasteiger partial charge in [0.05, 0.1) is 14.2 Å². The van der Waals surface area contributed by atoms with E-state index in [9.17, 15) is 9.59 Å². The lowest BCUT2D eigenvalue weighted by atomic mass is 10.2. The van der Waals surface area contributed by atoms with Crippen molar-refractivity contribution in [3.05, 3.63) is 18.2 Å². The normalized spacial score (nSPS) is 14.0. The van der Waals surface area contributed by atoms with Gasteiger partial charge in [0.2, 0.25) is 5.91 Å². The molecule has 0 unspecified atom stereocenters. The summed E-state index contributed by atoms with van der Waals surface area (Å²) in [5.74, 6) is 1.05. The van der Waals surface area contributed by atoms with Gasteiger partial charge in [-0.05, 0) is 38.2 Å². The Morgan fingerprint density at radius 2 is 1.86 bits per heavy atom. The molecule has 0 radical (unpaired) electrons. The van der Waals surface area contributed by atoms with Gasteiger partial charge in [0.15, 0.2) is 11.5 Å². The van der Waals surface area contributed by atoms with Gasteiger partial charge in [-0.15, -0.1) is 0 Å². The molecule has 156 valence electrons. The molecule has 28 heavy (non-hydrogen) atoms. The van der Waals surface area contributed by atoms with Crippen molar-refractivity contribution in [1.82, 2.24) is 15.1 Å². The number of carbonyl (C=O) groups excluding carboxylic acids is 2. The number of amides is 3. The van der Waals surface area contributed by atoms with Crippen molar-refractivity contribution < 1.29 is 19.1 Å². The average Bonchev–Trinajstić information content (AvgIpc) is 3.07. The van der Waals surface area contributed by atoms with Gasteiger partial charge in [-0.2, -0.15) is 0 Å². The van der Waals surface area contributed by atoms with E-state index in [0.717, 1.165) is 31.7 Å². The molecule has 1 aromatic rings. The van der Waals surface area contributed by atoms with Crippen LogP contribution in [0.4, 0.5) is 10.5 Å². The second-order valence-electron chi connectivity index (χ2n) is 6.63. The Labute approximate surface area is 167 Å². The van der Waals surface area contributed by atoms with Crippen molar-refractivity contribution in [1.29, 1.82) is 0 Å². The molecule has 0 bridgehead atoms. The van der Waals surface area contributed by atoms with Crippen LogP contribution in [0.1, 0.15) is 20.3 Å². The van der Waals surface area contributed by atoms with E-state index in [1.165, 1.54) is 0 Å². The molecule has 1 aliphatic rings. The third-order valence-electron chi connectivity index (χ3n) is 4.98. The molecule has 1 fully saturated rings. The zero-order chi connectivity index (χ0) is 20.5. The van der Waals surface area contributed by atoms with E-state index < -0.39 is 0 Å². The minimum Gasteiger partial charge on any atom is -0.493 e. The summed E-state index contributed by atoms with van der Waals surface area (Å²) in [6.45, 7) is 8.99. The summed E-state index contributed by atoms with van der Waals surface area (Å²) in [5.41, 5.74) is 0.727. The SMILES string of the molecule is CCN(CC)CCCNC(=O)CN1CCN(c2ccc(OC)c(OC)c2)C1=O. The van der Waals surface area contributed by atoms with Gasteiger partial charge in [0, 0.05) is 31.4 Å². The maximum atomic E-state index is 12.7. The van der Waals surface area contributed by atoms with E-state index in [-0.39, 0.29) is 18.5 Å². The topological polar surface area (TPSA) is 74.4 Å². The molecule has 1 N–H and O–H groups in total. The first-order valence-electron chi connectivity index (χ1n) is 9.81. The molecule has 8 nitrogen and oxygen atoms in total. The van der Waals surface area contributed by atoms with Crippen LogP contribution in [-0.4, -0.2) is 81.8 Å². The molecule has 0 spiro atoms. The number of anilines is 1. The Balaban J connectivity index is 1.84. The van der Waals surface area contributed by atoms with Crippen molar-refractivity contribution in [2.24, 2.45) is 0 Å². The third kappa shape index (κ3) is 5.51. The quantitative estimate of drug-likeness (QED) is 0.581.